The second-order valence-corrected chi connectivity index (χ2v) is 7.09. The summed E-state index contributed by atoms with van der Waals surface area (Å²) in [4.78, 5) is 21.0. The maximum Gasteiger partial charge on any atom is 0.276 e. The van der Waals surface area contributed by atoms with E-state index in [9.17, 15) is 4.79 Å². The van der Waals surface area contributed by atoms with E-state index in [4.69, 9.17) is 5.21 Å². The molecule has 2 heterocycles. The van der Waals surface area contributed by atoms with E-state index < -0.39 is 5.91 Å². The van der Waals surface area contributed by atoms with E-state index >= 15 is 0 Å². The lowest BCUT2D eigenvalue weighted by Gasteiger charge is -2.33. The van der Waals surface area contributed by atoms with Crippen molar-refractivity contribution in [1.82, 2.24) is 20.3 Å². The van der Waals surface area contributed by atoms with E-state index in [-0.39, 0.29) is 0 Å². The Balaban J connectivity index is 1.63. The minimum absolute atomic E-state index is 0.423. The van der Waals surface area contributed by atoms with Crippen LogP contribution in [-0.4, -0.2) is 58.1 Å². The highest BCUT2D eigenvalue weighted by molar-refractivity contribution is 5.93. The number of amides is 1. The number of nitrogens with one attached hydrogen (secondary N) is 1. The first-order valence-electron chi connectivity index (χ1n) is 8.99. The second kappa shape index (κ2) is 7.59. The molecule has 1 amide bonds. The minimum Gasteiger partial charge on any atom is -0.303 e. The van der Waals surface area contributed by atoms with Crippen molar-refractivity contribution >= 4 is 5.91 Å². The van der Waals surface area contributed by atoms with Crippen molar-refractivity contribution in [2.75, 3.05) is 20.1 Å². The Kier molecular flexibility index (Phi) is 5.48. The van der Waals surface area contributed by atoms with Gasteiger partial charge in [0.25, 0.3) is 5.91 Å². The fourth-order valence-corrected chi connectivity index (χ4v) is 4.14. The van der Waals surface area contributed by atoms with Crippen LogP contribution in [0.1, 0.15) is 54.2 Å². The fraction of sp³-hybridized carbons (Fsp3) is 0.667. The number of hydroxylamine groups is 1. The first-order valence-corrected chi connectivity index (χ1v) is 8.99. The number of carbonyl (C=O) groups excluding carboxylic acids is 1. The maximum absolute atomic E-state index is 11.5. The van der Waals surface area contributed by atoms with Gasteiger partial charge in [-0.05, 0) is 57.3 Å². The summed E-state index contributed by atoms with van der Waals surface area (Å²) in [5.41, 5.74) is 4.30. The standard InChI is InChI=1S/C18H28N4O2/c1-3-7-21(2)15-4-5-16(10-15)22-8-6-13-9-14(18(23)20-24)11-19-17(13)12-22/h9,11,15-16,24H,3-8,10,12H2,1-2H3,(H,20,23). The summed E-state index contributed by atoms with van der Waals surface area (Å²) < 4.78 is 0. The van der Waals surface area contributed by atoms with Gasteiger partial charge in [-0.3, -0.25) is 19.9 Å². The van der Waals surface area contributed by atoms with Gasteiger partial charge in [0.15, 0.2) is 0 Å². The molecule has 132 valence electrons. The highest BCUT2D eigenvalue weighted by Crippen LogP contribution is 2.30. The lowest BCUT2D eigenvalue weighted by atomic mass is 10.0. The van der Waals surface area contributed by atoms with Gasteiger partial charge in [-0.15, -0.1) is 0 Å². The van der Waals surface area contributed by atoms with Gasteiger partial charge in [0.1, 0.15) is 0 Å². The van der Waals surface area contributed by atoms with Crippen molar-refractivity contribution < 1.29 is 10.0 Å². The van der Waals surface area contributed by atoms with Crippen molar-refractivity contribution in [3.05, 3.63) is 29.1 Å². The van der Waals surface area contributed by atoms with E-state index in [0.717, 1.165) is 30.8 Å². The average molecular weight is 332 g/mol. The summed E-state index contributed by atoms with van der Waals surface area (Å²) >= 11 is 0. The molecule has 24 heavy (non-hydrogen) atoms. The lowest BCUT2D eigenvalue weighted by molar-refractivity contribution is 0.0705. The third-order valence-electron chi connectivity index (χ3n) is 5.54. The number of aromatic nitrogens is 1. The molecular weight excluding hydrogens is 304 g/mol. The third kappa shape index (κ3) is 3.61. The zero-order valence-corrected chi connectivity index (χ0v) is 14.7. The van der Waals surface area contributed by atoms with Crippen LogP contribution in [0.3, 0.4) is 0 Å². The van der Waals surface area contributed by atoms with Crippen LogP contribution >= 0.6 is 0 Å². The molecule has 2 atom stereocenters. The number of hydrogen-bond donors (Lipinski definition) is 2. The van der Waals surface area contributed by atoms with Crippen LogP contribution in [0.4, 0.5) is 0 Å². The molecule has 0 aromatic carbocycles. The molecule has 2 N–H and O–H groups in total. The molecule has 1 fully saturated rings. The number of pyridine rings is 1. The summed E-state index contributed by atoms with van der Waals surface area (Å²) in [6.07, 6.45) is 7.48. The minimum atomic E-state index is -0.495. The van der Waals surface area contributed by atoms with Crippen LogP contribution in [0.2, 0.25) is 0 Å². The Bertz CT molecular complexity index is 592. The topological polar surface area (TPSA) is 68.7 Å². The van der Waals surface area contributed by atoms with Crippen molar-refractivity contribution in [3.8, 4) is 0 Å². The quantitative estimate of drug-likeness (QED) is 0.636. The zero-order chi connectivity index (χ0) is 17.1. The van der Waals surface area contributed by atoms with Gasteiger partial charge < -0.3 is 4.90 Å². The molecule has 1 aromatic heterocycles. The van der Waals surface area contributed by atoms with Crippen molar-refractivity contribution in [1.29, 1.82) is 0 Å². The van der Waals surface area contributed by atoms with E-state index in [0.29, 0.717) is 17.6 Å². The Morgan fingerprint density at radius 3 is 3.08 bits per heavy atom. The van der Waals surface area contributed by atoms with E-state index in [1.807, 2.05) is 6.07 Å². The summed E-state index contributed by atoms with van der Waals surface area (Å²) in [6, 6.07) is 3.21. The van der Waals surface area contributed by atoms with Crippen LogP contribution in [0, 0.1) is 0 Å². The van der Waals surface area contributed by atoms with Gasteiger partial charge in [0, 0.05) is 31.4 Å². The fourth-order valence-electron chi connectivity index (χ4n) is 4.14. The van der Waals surface area contributed by atoms with Crippen LogP contribution in [0.15, 0.2) is 12.3 Å². The van der Waals surface area contributed by atoms with Crippen molar-refractivity contribution in [2.24, 2.45) is 0 Å². The zero-order valence-electron chi connectivity index (χ0n) is 14.7. The van der Waals surface area contributed by atoms with Gasteiger partial charge in [0.2, 0.25) is 0 Å². The third-order valence-corrected chi connectivity index (χ3v) is 5.54. The molecule has 1 saturated carbocycles. The molecular formula is C18H28N4O2. The van der Waals surface area contributed by atoms with Crippen LogP contribution in [0.25, 0.3) is 0 Å². The number of nitrogens with zero attached hydrogens (tertiary/aromatic N) is 3. The predicted octanol–water partition coefficient (Wildman–Crippen LogP) is 1.82. The van der Waals surface area contributed by atoms with Gasteiger partial charge in [0.05, 0.1) is 11.3 Å². The van der Waals surface area contributed by atoms with Gasteiger partial charge in [-0.25, -0.2) is 5.48 Å². The number of hydrogen-bond acceptors (Lipinski definition) is 5. The highest BCUT2D eigenvalue weighted by Gasteiger charge is 2.33. The molecule has 6 nitrogen and oxygen atoms in total. The molecule has 2 unspecified atom stereocenters. The summed E-state index contributed by atoms with van der Waals surface area (Å²) in [6.45, 7) is 5.30. The molecule has 1 aliphatic carbocycles. The van der Waals surface area contributed by atoms with Crippen molar-refractivity contribution in [3.63, 3.8) is 0 Å². The van der Waals surface area contributed by atoms with Crippen molar-refractivity contribution in [2.45, 2.75) is 57.7 Å². The Morgan fingerprint density at radius 1 is 1.50 bits per heavy atom. The second-order valence-electron chi connectivity index (χ2n) is 7.09. The van der Waals surface area contributed by atoms with Crippen LogP contribution < -0.4 is 5.48 Å². The van der Waals surface area contributed by atoms with Crippen LogP contribution in [0.5, 0.6) is 0 Å². The van der Waals surface area contributed by atoms with E-state index in [1.54, 1.807) is 11.7 Å². The first kappa shape index (κ1) is 17.3. The maximum atomic E-state index is 11.5. The summed E-state index contributed by atoms with van der Waals surface area (Å²) in [5, 5.41) is 8.75. The predicted molar refractivity (Wildman–Crippen MR) is 92.0 cm³/mol. The van der Waals surface area contributed by atoms with Gasteiger partial charge in [-0.1, -0.05) is 6.92 Å². The Labute approximate surface area is 143 Å². The number of fused-ring (bicyclic) bond motifs is 1. The highest BCUT2D eigenvalue weighted by atomic mass is 16.5. The average Bonchev–Trinajstić information content (AvgIpc) is 3.10. The van der Waals surface area contributed by atoms with Gasteiger partial charge >= 0.3 is 0 Å². The largest absolute Gasteiger partial charge is 0.303 e. The molecule has 2 aliphatic rings. The molecule has 0 bridgehead atoms. The summed E-state index contributed by atoms with van der Waals surface area (Å²) in [5.74, 6) is -0.495. The normalized spacial score (nSPS) is 24.2. The lowest BCUT2D eigenvalue weighted by Crippen LogP contribution is -2.40. The molecule has 1 aliphatic heterocycles. The Hall–Kier alpha value is -1.50. The van der Waals surface area contributed by atoms with Crippen LogP contribution in [-0.2, 0) is 13.0 Å². The number of carbonyl (C=O) groups is 1. The molecule has 6 heteroatoms. The monoisotopic (exact) mass is 332 g/mol. The molecule has 0 spiro atoms. The summed E-state index contributed by atoms with van der Waals surface area (Å²) in [7, 11) is 2.25. The Morgan fingerprint density at radius 2 is 2.33 bits per heavy atom. The molecule has 3 rings (SSSR count). The number of rotatable bonds is 5. The smallest absolute Gasteiger partial charge is 0.276 e. The SMILES string of the molecule is CCCN(C)C1CCC(N2CCc3cc(C(=O)NO)cnc3C2)C1. The van der Waals surface area contributed by atoms with E-state index in [2.05, 4.69) is 28.8 Å². The van der Waals surface area contributed by atoms with E-state index in [1.165, 1.54) is 32.2 Å². The molecule has 0 radical (unpaired) electrons. The first-order chi connectivity index (χ1) is 11.6. The van der Waals surface area contributed by atoms with Gasteiger partial charge in [-0.2, -0.15) is 0 Å². The molecule has 1 aromatic rings. The molecule has 0 saturated heterocycles.